The van der Waals surface area contributed by atoms with Gasteiger partial charge in [-0.3, -0.25) is 0 Å². The highest BCUT2D eigenvalue weighted by Gasteiger charge is 2.10. The molecular formula is C16H13F3N2. The zero-order valence-electron chi connectivity index (χ0n) is 11.2. The first-order chi connectivity index (χ1) is 10.1. The Kier molecular flexibility index (Phi) is 4.96. The minimum atomic E-state index is -0.746. The number of benzene rings is 2. The molecule has 108 valence electrons. The third kappa shape index (κ3) is 4.07. The van der Waals surface area contributed by atoms with Crippen LogP contribution in [0, 0.1) is 28.8 Å². The van der Waals surface area contributed by atoms with E-state index in [1.54, 1.807) is 18.2 Å². The first-order valence-electron chi connectivity index (χ1n) is 6.43. The lowest BCUT2D eigenvalue weighted by Crippen LogP contribution is -2.18. The van der Waals surface area contributed by atoms with Crippen LogP contribution in [-0.2, 0) is 13.0 Å². The van der Waals surface area contributed by atoms with Crippen LogP contribution < -0.4 is 5.32 Å². The van der Waals surface area contributed by atoms with Gasteiger partial charge in [0, 0.05) is 12.1 Å². The standard InChI is InChI=1S/C16H13F3N2/c17-13-3-1-2-11(6-13)4-5-21-10-14-15(18)7-12(9-20)8-16(14)19/h1-3,6-8,21H,4-5,10H2. The fraction of sp³-hybridized carbons (Fsp3) is 0.188. The summed E-state index contributed by atoms with van der Waals surface area (Å²) in [5.41, 5.74) is 0.657. The molecule has 0 amide bonds. The van der Waals surface area contributed by atoms with E-state index in [2.05, 4.69) is 5.32 Å². The number of nitriles is 1. The van der Waals surface area contributed by atoms with E-state index in [0.717, 1.165) is 17.7 Å². The summed E-state index contributed by atoms with van der Waals surface area (Å²) in [6.07, 6.45) is 0.553. The lowest BCUT2D eigenvalue weighted by Gasteiger charge is -2.08. The van der Waals surface area contributed by atoms with Gasteiger partial charge in [0.05, 0.1) is 11.6 Å². The minimum absolute atomic E-state index is 0.0126. The highest BCUT2D eigenvalue weighted by molar-refractivity contribution is 5.34. The molecule has 0 aliphatic carbocycles. The zero-order valence-corrected chi connectivity index (χ0v) is 11.2. The number of rotatable bonds is 5. The van der Waals surface area contributed by atoms with Crippen LogP contribution in [-0.4, -0.2) is 6.54 Å². The van der Waals surface area contributed by atoms with Crippen molar-refractivity contribution in [1.29, 1.82) is 5.26 Å². The molecule has 0 heterocycles. The molecule has 0 unspecified atom stereocenters. The molecule has 2 aromatic rings. The molecule has 0 fully saturated rings. The molecule has 21 heavy (non-hydrogen) atoms. The fourth-order valence-electron chi connectivity index (χ4n) is 1.98. The minimum Gasteiger partial charge on any atom is -0.312 e. The lowest BCUT2D eigenvalue weighted by molar-refractivity contribution is 0.535. The fourth-order valence-corrected chi connectivity index (χ4v) is 1.98. The largest absolute Gasteiger partial charge is 0.312 e. The Bertz CT molecular complexity index is 654. The van der Waals surface area contributed by atoms with E-state index in [1.807, 2.05) is 0 Å². The molecule has 0 aliphatic rings. The van der Waals surface area contributed by atoms with Crippen molar-refractivity contribution < 1.29 is 13.2 Å². The Morgan fingerprint density at radius 2 is 1.76 bits per heavy atom. The van der Waals surface area contributed by atoms with Gasteiger partial charge in [0.15, 0.2) is 0 Å². The van der Waals surface area contributed by atoms with E-state index in [0.29, 0.717) is 13.0 Å². The van der Waals surface area contributed by atoms with Crippen LogP contribution in [0.25, 0.3) is 0 Å². The lowest BCUT2D eigenvalue weighted by atomic mass is 10.1. The van der Waals surface area contributed by atoms with E-state index >= 15 is 0 Å². The zero-order chi connectivity index (χ0) is 15.2. The molecule has 0 aromatic heterocycles. The monoisotopic (exact) mass is 290 g/mol. The van der Waals surface area contributed by atoms with E-state index in [9.17, 15) is 13.2 Å². The van der Waals surface area contributed by atoms with Gasteiger partial charge in [-0.05, 0) is 42.8 Å². The summed E-state index contributed by atoms with van der Waals surface area (Å²) >= 11 is 0. The quantitative estimate of drug-likeness (QED) is 0.858. The summed E-state index contributed by atoms with van der Waals surface area (Å²) in [6, 6.07) is 9.89. The maximum atomic E-state index is 13.6. The van der Waals surface area contributed by atoms with Crippen molar-refractivity contribution in [3.63, 3.8) is 0 Å². The van der Waals surface area contributed by atoms with Gasteiger partial charge < -0.3 is 5.32 Å². The smallest absolute Gasteiger partial charge is 0.131 e. The topological polar surface area (TPSA) is 35.8 Å². The highest BCUT2D eigenvalue weighted by atomic mass is 19.1. The summed E-state index contributed by atoms with van der Waals surface area (Å²) in [6.45, 7) is 0.473. The van der Waals surface area contributed by atoms with E-state index in [4.69, 9.17) is 5.26 Å². The molecule has 5 heteroatoms. The first-order valence-corrected chi connectivity index (χ1v) is 6.43. The number of hydrogen-bond donors (Lipinski definition) is 1. The van der Waals surface area contributed by atoms with Crippen LogP contribution in [0.4, 0.5) is 13.2 Å². The number of hydrogen-bond acceptors (Lipinski definition) is 2. The molecule has 0 aliphatic heterocycles. The number of halogens is 3. The van der Waals surface area contributed by atoms with Crippen LogP contribution in [0.3, 0.4) is 0 Å². The molecule has 2 nitrogen and oxygen atoms in total. The molecule has 0 atom stereocenters. The van der Waals surface area contributed by atoms with Gasteiger partial charge >= 0.3 is 0 Å². The Balaban J connectivity index is 1.91. The molecule has 0 spiro atoms. The van der Waals surface area contributed by atoms with Crippen molar-refractivity contribution >= 4 is 0 Å². The van der Waals surface area contributed by atoms with Gasteiger partial charge in [-0.2, -0.15) is 5.26 Å². The number of nitrogens with zero attached hydrogens (tertiary/aromatic N) is 1. The van der Waals surface area contributed by atoms with Crippen LogP contribution in [0.5, 0.6) is 0 Å². The maximum Gasteiger partial charge on any atom is 0.131 e. The summed E-state index contributed by atoms with van der Waals surface area (Å²) < 4.78 is 40.2. The maximum absolute atomic E-state index is 13.6. The van der Waals surface area contributed by atoms with Gasteiger partial charge in [-0.25, -0.2) is 13.2 Å². The molecular weight excluding hydrogens is 277 g/mol. The van der Waals surface area contributed by atoms with Crippen molar-refractivity contribution in [2.75, 3.05) is 6.54 Å². The second-order valence-electron chi connectivity index (χ2n) is 4.59. The Hall–Kier alpha value is -2.32. The summed E-state index contributed by atoms with van der Waals surface area (Å²) in [5, 5.41) is 11.5. The molecule has 0 saturated carbocycles. The van der Waals surface area contributed by atoms with Gasteiger partial charge in [-0.1, -0.05) is 12.1 Å². The van der Waals surface area contributed by atoms with Crippen molar-refractivity contribution in [2.24, 2.45) is 0 Å². The molecule has 2 aromatic carbocycles. The molecule has 0 bridgehead atoms. The van der Waals surface area contributed by atoms with Crippen molar-refractivity contribution in [3.8, 4) is 6.07 Å². The molecule has 2 rings (SSSR count). The van der Waals surface area contributed by atoms with Gasteiger partial charge in [0.2, 0.25) is 0 Å². The van der Waals surface area contributed by atoms with Crippen LogP contribution in [0.1, 0.15) is 16.7 Å². The Morgan fingerprint density at radius 1 is 1.05 bits per heavy atom. The summed E-state index contributed by atoms with van der Waals surface area (Å²) in [7, 11) is 0. The Labute approximate surface area is 120 Å². The van der Waals surface area contributed by atoms with Gasteiger partial charge in [-0.15, -0.1) is 0 Å². The molecule has 1 N–H and O–H groups in total. The van der Waals surface area contributed by atoms with Gasteiger partial charge in [0.1, 0.15) is 17.5 Å². The van der Waals surface area contributed by atoms with Crippen LogP contribution in [0.15, 0.2) is 36.4 Å². The molecule has 0 saturated heterocycles. The average Bonchev–Trinajstić information content (AvgIpc) is 2.45. The van der Waals surface area contributed by atoms with E-state index in [1.165, 1.54) is 12.1 Å². The first kappa shape index (κ1) is 15.1. The molecule has 0 radical (unpaired) electrons. The predicted octanol–water partition coefficient (Wildman–Crippen LogP) is 3.31. The third-order valence-electron chi connectivity index (χ3n) is 3.05. The van der Waals surface area contributed by atoms with E-state index < -0.39 is 11.6 Å². The normalized spacial score (nSPS) is 10.4. The van der Waals surface area contributed by atoms with Crippen LogP contribution in [0.2, 0.25) is 0 Å². The van der Waals surface area contributed by atoms with E-state index in [-0.39, 0.29) is 23.5 Å². The predicted molar refractivity (Wildman–Crippen MR) is 72.9 cm³/mol. The van der Waals surface area contributed by atoms with Crippen molar-refractivity contribution in [1.82, 2.24) is 5.32 Å². The summed E-state index contributed by atoms with van der Waals surface area (Å²) in [4.78, 5) is 0. The SMILES string of the molecule is N#Cc1cc(F)c(CNCCc2cccc(F)c2)c(F)c1. The van der Waals surface area contributed by atoms with Crippen LogP contribution >= 0.6 is 0 Å². The second kappa shape index (κ2) is 6.91. The second-order valence-corrected chi connectivity index (χ2v) is 4.59. The third-order valence-corrected chi connectivity index (χ3v) is 3.05. The Morgan fingerprint density at radius 3 is 2.38 bits per heavy atom. The summed E-state index contributed by atoms with van der Waals surface area (Å²) in [5.74, 6) is -1.80. The highest BCUT2D eigenvalue weighted by Crippen LogP contribution is 2.15. The number of nitrogens with one attached hydrogen (secondary N) is 1. The van der Waals surface area contributed by atoms with Gasteiger partial charge in [0.25, 0.3) is 0 Å². The average molecular weight is 290 g/mol. The van der Waals surface area contributed by atoms with Crippen molar-refractivity contribution in [2.45, 2.75) is 13.0 Å². The van der Waals surface area contributed by atoms with Crippen molar-refractivity contribution in [3.05, 3.63) is 70.5 Å².